The van der Waals surface area contributed by atoms with Crippen LogP contribution >= 0.6 is 22.9 Å². The molecule has 3 heterocycles. The molecule has 2 aromatic carbocycles. The van der Waals surface area contributed by atoms with Crippen molar-refractivity contribution in [2.24, 2.45) is 5.92 Å². The predicted molar refractivity (Wildman–Crippen MR) is 165 cm³/mol. The number of carbonyl (C=O) groups is 2. The van der Waals surface area contributed by atoms with Gasteiger partial charge in [0.05, 0.1) is 18.1 Å². The van der Waals surface area contributed by atoms with Gasteiger partial charge in [-0.2, -0.15) is 0 Å². The molecule has 1 unspecified atom stereocenters. The number of nitrogens with zero attached hydrogens (tertiary/aromatic N) is 3. The van der Waals surface area contributed by atoms with Crippen molar-refractivity contribution in [2.75, 3.05) is 20.2 Å². The second kappa shape index (κ2) is 12.4. The molecule has 1 aliphatic heterocycles. The first kappa shape index (κ1) is 29.9. The molecule has 0 radical (unpaired) electrons. The van der Waals surface area contributed by atoms with E-state index in [9.17, 15) is 9.59 Å². The highest BCUT2D eigenvalue weighted by atomic mass is 35.5. The normalized spacial score (nSPS) is 15.0. The minimum atomic E-state index is -0.493. The van der Waals surface area contributed by atoms with Crippen LogP contribution in [-0.2, 0) is 15.9 Å². The zero-order chi connectivity index (χ0) is 30.0. The van der Waals surface area contributed by atoms with Crippen LogP contribution in [0.4, 0.5) is 4.79 Å². The Balaban J connectivity index is 1.34. The summed E-state index contributed by atoms with van der Waals surface area (Å²) in [5.74, 6) is 0.441. The Bertz CT molecular complexity index is 1580. The molecule has 0 N–H and O–H groups in total. The van der Waals surface area contributed by atoms with Gasteiger partial charge in [-0.15, -0.1) is 11.3 Å². The predicted octanol–water partition coefficient (Wildman–Crippen LogP) is 7.86. The van der Waals surface area contributed by atoms with E-state index in [4.69, 9.17) is 25.8 Å². The van der Waals surface area contributed by atoms with Crippen LogP contribution in [0.15, 0.2) is 54.9 Å². The van der Waals surface area contributed by atoms with Gasteiger partial charge in [0.15, 0.2) is 4.88 Å². The van der Waals surface area contributed by atoms with Gasteiger partial charge in [0.2, 0.25) is 0 Å². The average molecular weight is 610 g/mol. The molecule has 222 valence electrons. The largest absolute Gasteiger partial charge is 0.484 e. The fourth-order valence-corrected chi connectivity index (χ4v) is 6.48. The van der Waals surface area contributed by atoms with Crippen molar-refractivity contribution >= 4 is 46.0 Å². The van der Waals surface area contributed by atoms with Crippen LogP contribution in [0, 0.1) is 5.92 Å². The zero-order valence-corrected chi connectivity index (χ0v) is 26.1. The van der Waals surface area contributed by atoms with E-state index in [0.29, 0.717) is 34.7 Å². The summed E-state index contributed by atoms with van der Waals surface area (Å²) in [6, 6.07) is 15.7. The highest BCUT2D eigenvalue weighted by Crippen LogP contribution is 2.38. The lowest BCUT2D eigenvalue weighted by atomic mass is 9.90. The summed E-state index contributed by atoms with van der Waals surface area (Å²) >= 11 is 7.69. The van der Waals surface area contributed by atoms with Crippen molar-refractivity contribution in [1.29, 1.82) is 0 Å². The molecule has 1 saturated heterocycles. The number of piperidine rings is 1. The number of amides is 1. The first-order valence-electron chi connectivity index (χ1n) is 14.1. The number of carbonyl (C=O) groups excluding carboxylic acids is 2. The van der Waals surface area contributed by atoms with Crippen molar-refractivity contribution in [3.05, 3.63) is 75.9 Å². The summed E-state index contributed by atoms with van der Waals surface area (Å²) in [5, 5.41) is 1.39. The second-order valence-corrected chi connectivity index (χ2v) is 13.0. The molecule has 2 aromatic heterocycles. The maximum absolute atomic E-state index is 12.7. The lowest BCUT2D eigenvalue weighted by molar-refractivity contribution is 0.0184. The van der Waals surface area contributed by atoms with Crippen LogP contribution in [0.1, 0.15) is 67.4 Å². The van der Waals surface area contributed by atoms with Crippen LogP contribution in [0.2, 0.25) is 5.02 Å². The molecule has 0 aliphatic carbocycles. The Kier molecular flexibility index (Phi) is 8.80. The maximum atomic E-state index is 12.7. The number of hydrogen-bond donors (Lipinski definition) is 0. The lowest BCUT2D eigenvalue weighted by Gasteiger charge is -2.33. The van der Waals surface area contributed by atoms with E-state index < -0.39 is 11.6 Å². The smallest absolute Gasteiger partial charge is 0.410 e. The fraction of sp³-hybridized carbons (Fsp3) is 0.406. The second-order valence-electron chi connectivity index (χ2n) is 11.6. The maximum Gasteiger partial charge on any atom is 0.410 e. The van der Waals surface area contributed by atoms with Gasteiger partial charge in [-0.1, -0.05) is 35.9 Å². The van der Waals surface area contributed by atoms with Crippen LogP contribution in [0.3, 0.4) is 0 Å². The minimum absolute atomic E-state index is 0.238. The van der Waals surface area contributed by atoms with E-state index in [-0.39, 0.29) is 12.2 Å². The van der Waals surface area contributed by atoms with Gasteiger partial charge in [-0.25, -0.2) is 14.6 Å². The third-order valence-corrected chi connectivity index (χ3v) is 8.78. The number of hydrogen-bond acceptors (Lipinski definition) is 7. The molecular weight excluding hydrogens is 574 g/mol. The van der Waals surface area contributed by atoms with E-state index in [1.807, 2.05) is 73.6 Å². The number of aromatic nitrogens is 2. The Hall–Kier alpha value is -3.56. The summed E-state index contributed by atoms with van der Waals surface area (Å²) in [7, 11) is 1.36. The van der Waals surface area contributed by atoms with Crippen molar-refractivity contribution in [3.63, 3.8) is 0 Å². The monoisotopic (exact) mass is 609 g/mol. The lowest BCUT2D eigenvalue weighted by Crippen LogP contribution is -2.42. The number of esters is 1. The molecule has 0 saturated carbocycles. The van der Waals surface area contributed by atoms with Crippen LogP contribution in [0.25, 0.3) is 16.0 Å². The van der Waals surface area contributed by atoms with E-state index in [1.54, 1.807) is 6.33 Å². The van der Waals surface area contributed by atoms with E-state index in [1.165, 1.54) is 24.0 Å². The molecule has 1 fully saturated rings. The first-order valence-corrected chi connectivity index (χ1v) is 15.3. The first-order chi connectivity index (χ1) is 20.0. The van der Waals surface area contributed by atoms with Crippen molar-refractivity contribution in [2.45, 2.75) is 58.7 Å². The number of ether oxygens (including phenoxy) is 3. The van der Waals surface area contributed by atoms with Gasteiger partial charge >= 0.3 is 12.1 Å². The zero-order valence-electron chi connectivity index (χ0n) is 24.6. The SMILES string of the molecule is COC(=O)c1sc(-n2cnc3ccc(CC4CCN(C(=O)OC(C)(C)C)CC4)cc32)cc1OC(C)c1ccccc1Cl. The number of imidazole rings is 1. The number of thiophene rings is 1. The van der Waals surface area contributed by atoms with Crippen molar-refractivity contribution in [1.82, 2.24) is 14.5 Å². The highest BCUT2D eigenvalue weighted by Gasteiger charge is 2.27. The summed E-state index contributed by atoms with van der Waals surface area (Å²) in [5.41, 5.74) is 3.35. The van der Waals surface area contributed by atoms with Gasteiger partial charge in [-0.05, 0) is 76.6 Å². The minimum Gasteiger partial charge on any atom is -0.484 e. The van der Waals surface area contributed by atoms with Gasteiger partial charge < -0.3 is 19.1 Å². The topological polar surface area (TPSA) is 82.9 Å². The molecule has 42 heavy (non-hydrogen) atoms. The van der Waals surface area contributed by atoms with Gasteiger partial charge in [0.1, 0.15) is 28.8 Å². The molecule has 1 aliphatic rings. The summed E-state index contributed by atoms with van der Waals surface area (Å²) in [4.78, 5) is 31.9. The number of halogens is 1. The van der Waals surface area contributed by atoms with E-state index in [0.717, 1.165) is 40.9 Å². The van der Waals surface area contributed by atoms with E-state index in [2.05, 4.69) is 17.1 Å². The summed E-state index contributed by atoms with van der Waals surface area (Å²) < 4.78 is 18.8. The molecule has 10 heteroatoms. The Labute approximate surface area is 255 Å². The fourth-order valence-electron chi connectivity index (χ4n) is 5.20. The van der Waals surface area contributed by atoms with Crippen molar-refractivity contribution < 1.29 is 23.8 Å². The van der Waals surface area contributed by atoms with Crippen LogP contribution < -0.4 is 4.74 Å². The standard InChI is InChI=1S/C32H36ClN3O5S/c1-20(23-8-6-7-9-24(23)33)40-27-18-28(42-29(27)30(37)39-5)36-19-34-25-11-10-22(17-26(25)36)16-21-12-14-35(15-13-21)31(38)41-32(2,3)4/h6-11,17-21H,12-16H2,1-5H3. The Morgan fingerprint density at radius 1 is 1.12 bits per heavy atom. The quantitative estimate of drug-likeness (QED) is 0.198. The third kappa shape index (κ3) is 6.73. The summed E-state index contributed by atoms with van der Waals surface area (Å²) in [6.45, 7) is 8.96. The Morgan fingerprint density at radius 3 is 2.55 bits per heavy atom. The molecule has 8 nitrogen and oxygen atoms in total. The number of fused-ring (bicyclic) bond motifs is 1. The third-order valence-electron chi connectivity index (χ3n) is 7.34. The molecule has 1 atom stereocenters. The number of likely N-dealkylation sites (tertiary alicyclic amines) is 1. The molecule has 0 bridgehead atoms. The molecular formula is C32H36ClN3O5S. The van der Waals surface area contributed by atoms with Gasteiger partial charge in [0, 0.05) is 29.7 Å². The number of rotatable bonds is 7. The molecule has 1 amide bonds. The van der Waals surface area contributed by atoms with Gasteiger partial charge in [0.25, 0.3) is 0 Å². The highest BCUT2D eigenvalue weighted by molar-refractivity contribution is 7.16. The average Bonchev–Trinajstić information content (AvgIpc) is 3.56. The van der Waals surface area contributed by atoms with Crippen molar-refractivity contribution in [3.8, 4) is 10.8 Å². The number of benzene rings is 2. The Morgan fingerprint density at radius 2 is 1.86 bits per heavy atom. The van der Waals surface area contributed by atoms with Crippen LogP contribution in [0.5, 0.6) is 5.75 Å². The molecule has 4 aromatic rings. The van der Waals surface area contributed by atoms with E-state index >= 15 is 0 Å². The van der Waals surface area contributed by atoms with Gasteiger partial charge in [-0.3, -0.25) is 4.57 Å². The van der Waals surface area contributed by atoms with Crippen LogP contribution in [-0.4, -0.2) is 52.3 Å². The summed E-state index contributed by atoms with van der Waals surface area (Å²) in [6.07, 6.45) is 3.91. The molecule has 0 spiro atoms. The number of methoxy groups -OCH3 is 1. The molecule has 5 rings (SSSR count).